The second-order valence-corrected chi connectivity index (χ2v) is 6.12. The molecule has 2 N–H and O–H groups in total. The second-order valence-electron chi connectivity index (χ2n) is 5.27. The van der Waals surface area contributed by atoms with Crippen molar-refractivity contribution >= 4 is 27.5 Å². The lowest BCUT2D eigenvalue weighted by atomic mass is 9.98. The Morgan fingerprint density at radius 2 is 2.21 bits per heavy atom. The van der Waals surface area contributed by atoms with Crippen molar-refractivity contribution in [2.45, 2.75) is 39.2 Å². The SMILES string of the molecule is CCC1CCC(=O)N(Cc2ccc(N)cc2Br)CC1. The maximum Gasteiger partial charge on any atom is 0.222 e. The number of amides is 1. The Kier molecular flexibility index (Phi) is 4.86. The fourth-order valence-corrected chi connectivity index (χ4v) is 3.09. The molecule has 3 nitrogen and oxygen atoms in total. The number of carbonyl (C=O) groups excluding carboxylic acids is 1. The van der Waals surface area contributed by atoms with Crippen LogP contribution < -0.4 is 5.73 Å². The molecule has 0 spiro atoms. The zero-order valence-electron chi connectivity index (χ0n) is 11.4. The summed E-state index contributed by atoms with van der Waals surface area (Å²) < 4.78 is 0.983. The van der Waals surface area contributed by atoms with E-state index < -0.39 is 0 Å². The summed E-state index contributed by atoms with van der Waals surface area (Å²) in [6.07, 6.45) is 4.02. The number of carbonyl (C=O) groups is 1. The highest BCUT2D eigenvalue weighted by Crippen LogP contribution is 2.25. The van der Waals surface area contributed by atoms with E-state index in [9.17, 15) is 4.79 Å². The molecule has 1 aliphatic heterocycles. The number of nitrogen functional groups attached to an aromatic ring is 1. The number of nitrogens with zero attached hydrogens (tertiary/aromatic N) is 1. The molecular weight excluding hydrogens is 304 g/mol. The molecule has 1 unspecified atom stereocenters. The predicted molar refractivity (Wildman–Crippen MR) is 81.6 cm³/mol. The van der Waals surface area contributed by atoms with Crippen molar-refractivity contribution in [1.82, 2.24) is 4.90 Å². The van der Waals surface area contributed by atoms with Gasteiger partial charge in [0.1, 0.15) is 0 Å². The van der Waals surface area contributed by atoms with Crippen molar-refractivity contribution in [3.63, 3.8) is 0 Å². The smallest absolute Gasteiger partial charge is 0.222 e. The van der Waals surface area contributed by atoms with Crippen LogP contribution in [0.3, 0.4) is 0 Å². The molecule has 1 amide bonds. The van der Waals surface area contributed by atoms with E-state index in [4.69, 9.17) is 5.73 Å². The van der Waals surface area contributed by atoms with Crippen LogP contribution in [0.4, 0.5) is 5.69 Å². The Hall–Kier alpha value is -1.03. The predicted octanol–water partition coefficient (Wildman–Crippen LogP) is 3.57. The van der Waals surface area contributed by atoms with Gasteiger partial charge in [0.25, 0.3) is 0 Å². The molecule has 0 radical (unpaired) electrons. The molecule has 1 fully saturated rings. The van der Waals surface area contributed by atoms with E-state index in [1.165, 1.54) is 6.42 Å². The maximum absolute atomic E-state index is 12.1. The zero-order chi connectivity index (χ0) is 13.8. The molecule has 2 rings (SSSR count). The van der Waals surface area contributed by atoms with Crippen LogP contribution in [-0.4, -0.2) is 17.4 Å². The van der Waals surface area contributed by atoms with E-state index in [1.807, 2.05) is 23.1 Å². The summed E-state index contributed by atoms with van der Waals surface area (Å²) in [5.41, 5.74) is 7.60. The molecular formula is C15H21BrN2O. The zero-order valence-corrected chi connectivity index (χ0v) is 12.9. The average molecular weight is 325 g/mol. The summed E-state index contributed by atoms with van der Waals surface area (Å²) in [6.45, 7) is 3.76. The molecule has 0 saturated carbocycles. The summed E-state index contributed by atoms with van der Waals surface area (Å²) in [4.78, 5) is 14.1. The Morgan fingerprint density at radius 3 is 2.89 bits per heavy atom. The fraction of sp³-hybridized carbons (Fsp3) is 0.533. The number of anilines is 1. The van der Waals surface area contributed by atoms with Crippen molar-refractivity contribution in [3.8, 4) is 0 Å². The van der Waals surface area contributed by atoms with Gasteiger partial charge in [0.05, 0.1) is 0 Å². The summed E-state index contributed by atoms with van der Waals surface area (Å²) in [7, 11) is 0. The number of nitrogens with two attached hydrogens (primary N) is 1. The third-order valence-corrected chi connectivity index (χ3v) is 4.68. The van der Waals surface area contributed by atoms with Crippen molar-refractivity contribution in [3.05, 3.63) is 28.2 Å². The molecule has 19 heavy (non-hydrogen) atoms. The van der Waals surface area contributed by atoms with Crippen LogP contribution in [0.15, 0.2) is 22.7 Å². The van der Waals surface area contributed by atoms with Crippen molar-refractivity contribution < 1.29 is 4.79 Å². The van der Waals surface area contributed by atoms with Gasteiger partial charge in [-0.2, -0.15) is 0 Å². The lowest BCUT2D eigenvalue weighted by molar-refractivity contribution is -0.131. The normalized spacial score (nSPS) is 20.4. The van der Waals surface area contributed by atoms with Crippen molar-refractivity contribution in [1.29, 1.82) is 0 Å². The maximum atomic E-state index is 12.1. The summed E-state index contributed by atoms with van der Waals surface area (Å²) in [5, 5.41) is 0. The first-order valence-corrected chi connectivity index (χ1v) is 7.71. The van der Waals surface area contributed by atoms with Gasteiger partial charge in [-0.05, 0) is 36.5 Å². The Balaban J connectivity index is 2.07. The van der Waals surface area contributed by atoms with Gasteiger partial charge in [0.2, 0.25) is 5.91 Å². The Bertz CT molecular complexity index is 461. The third kappa shape index (κ3) is 3.72. The van der Waals surface area contributed by atoms with Crippen molar-refractivity contribution in [2.75, 3.05) is 12.3 Å². The highest BCUT2D eigenvalue weighted by atomic mass is 79.9. The van der Waals surface area contributed by atoms with Gasteiger partial charge >= 0.3 is 0 Å². The van der Waals surface area contributed by atoms with E-state index in [-0.39, 0.29) is 5.91 Å². The highest BCUT2D eigenvalue weighted by molar-refractivity contribution is 9.10. The molecule has 4 heteroatoms. The van der Waals surface area contributed by atoms with E-state index in [1.54, 1.807) is 0 Å². The monoisotopic (exact) mass is 324 g/mol. The van der Waals surface area contributed by atoms with Crippen LogP contribution in [0.2, 0.25) is 0 Å². The molecule has 1 saturated heterocycles. The van der Waals surface area contributed by atoms with Gasteiger partial charge in [-0.15, -0.1) is 0 Å². The standard InChI is InChI=1S/C15H21BrN2O/c1-2-11-3-6-15(19)18(8-7-11)10-12-4-5-13(17)9-14(12)16/h4-5,9,11H,2-3,6-8,10,17H2,1H3. The van der Waals surface area contributed by atoms with Crippen molar-refractivity contribution in [2.24, 2.45) is 5.92 Å². The minimum atomic E-state index is 0.277. The van der Waals surface area contributed by atoms with E-state index in [0.29, 0.717) is 18.9 Å². The van der Waals surface area contributed by atoms with Gasteiger partial charge in [-0.25, -0.2) is 0 Å². The summed E-state index contributed by atoms with van der Waals surface area (Å²) in [6, 6.07) is 5.78. The number of rotatable bonds is 3. The summed E-state index contributed by atoms with van der Waals surface area (Å²) in [5.74, 6) is 0.975. The highest BCUT2D eigenvalue weighted by Gasteiger charge is 2.22. The largest absolute Gasteiger partial charge is 0.399 e. The first-order chi connectivity index (χ1) is 9.10. The first-order valence-electron chi connectivity index (χ1n) is 6.91. The molecule has 1 atom stereocenters. The molecule has 1 aromatic rings. The molecule has 104 valence electrons. The van der Waals surface area contributed by atoms with E-state index in [2.05, 4.69) is 22.9 Å². The quantitative estimate of drug-likeness (QED) is 0.864. The van der Waals surface area contributed by atoms with Crippen LogP contribution in [-0.2, 0) is 11.3 Å². The van der Waals surface area contributed by atoms with Gasteiger partial charge in [0.15, 0.2) is 0 Å². The Morgan fingerprint density at radius 1 is 1.42 bits per heavy atom. The molecule has 0 aromatic heterocycles. The van der Waals surface area contributed by atoms with Gasteiger partial charge in [0, 0.05) is 29.7 Å². The molecule has 1 aromatic carbocycles. The van der Waals surface area contributed by atoms with Crippen LogP contribution >= 0.6 is 15.9 Å². The van der Waals surface area contributed by atoms with Crippen LogP contribution in [0.25, 0.3) is 0 Å². The third-order valence-electron chi connectivity index (χ3n) is 3.94. The minimum Gasteiger partial charge on any atom is -0.399 e. The average Bonchev–Trinajstić information content (AvgIpc) is 2.56. The lowest BCUT2D eigenvalue weighted by Gasteiger charge is -2.21. The second kappa shape index (κ2) is 6.42. The van der Waals surface area contributed by atoms with Crippen LogP contribution in [0.1, 0.15) is 38.2 Å². The van der Waals surface area contributed by atoms with Gasteiger partial charge in [-0.1, -0.05) is 35.3 Å². The first kappa shape index (κ1) is 14.4. The number of halogens is 1. The van der Waals surface area contributed by atoms with Crippen LogP contribution in [0, 0.1) is 5.92 Å². The van der Waals surface area contributed by atoms with E-state index >= 15 is 0 Å². The number of hydrogen-bond donors (Lipinski definition) is 1. The number of likely N-dealkylation sites (tertiary alicyclic amines) is 1. The van der Waals surface area contributed by atoms with Gasteiger partial charge < -0.3 is 10.6 Å². The van der Waals surface area contributed by atoms with E-state index in [0.717, 1.165) is 35.1 Å². The fourth-order valence-electron chi connectivity index (χ4n) is 2.57. The molecule has 1 heterocycles. The molecule has 1 aliphatic rings. The van der Waals surface area contributed by atoms with Gasteiger partial charge in [-0.3, -0.25) is 4.79 Å². The lowest BCUT2D eigenvalue weighted by Crippen LogP contribution is -2.29. The Labute approximate surface area is 123 Å². The summed E-state index contributed by atoms with van der Waals surface area (Å²) >= 11 is 3.52. The minimum absolute atomic E-state index is 0.277. The number of benzene rings is 1. The molecule has 0 aliphatic carbocycles. The molecule has 0 bridgehead atoms. The topological polar surface area (TPSA) is 46.3 Å². The number of hydrogen-bond acceptors (Lipinski definition) is 2. The van der Waals surface area contributed by atoms with Crippen LogP contribution in [0.5, 0.6) is 0 Å².